The minimum absolute atomic E-state index is 0. The Morgan fingerprint density at radius 1 is 0.900 bits per heavy atom. The van der Waals surface area contributed by atoms with Gasteiger partial charge < -0.3 is 34.9 Å². The molecule has 6 rings (SSSR count). The molecule has 0 bridgehead atoms. The number of phenols is 1. The number of H-pyrrole nitrogens is 1. The second-order valence-electron chi connectivity index (χ2n) is 6.62. The minimum atomic E-state index is 0. The van der Waals surface area contributed by atoms with E-state index in [4.69, 9.17) is 0 Å². The van der Waals surface area contributed by atoms with Crippen LogP contribution in [0.5, 0.6) is 5.75 Å². The third-order valence-corrected chi connectivity index (χ3v) is 4.98. The topological polar surface area (TPSA) is 48.9 Å². The zero-order chi connectivity index (χ0) is 18.2. The van der Waals surface area contributed by atoms with Crippen molar-refractivity contribution < 1.29 is 51.6 Å². The molecule has 0 saturated heterocycles. The molecule has 0 fully saturated rings. The maximum atomic E-state index is 9.31. The van der Waals surface area contributed by atoms with Gasteiger partial charge in [0, 0.05) is 11.6 Å². The van der Waals surface area contributed by atoms with Gasteiger partial charge in [-0.15, -0.1) is 29.7 Å². The number of hydrogen-bond donors (Lipinski definition) is 2. The van der Waals surface area contributed by atoms with Gasteiger partial charge in [0.25, 0.3) is 0 Å². The Hall–Kier alpha value is -2.30. The fourth-order valence-corrected chi connectivity index (χ4v) is 3.73. The second-order valence-corrected chi connectivity index (χ2v) is 6.62. The van der Waals surface area contributed by atoms with E-state index < -0.39 is 0 Å². The van der Waals surface area contributed by atoms with Crippen molar-refractivity contribution in [1.29, 1.82) is 0 Å². The van der Waals surface area contributed by atoms with Crippen molar-refractivity contribution in [3.8, 4) is 17.0 Å². The van der Waals surface area contributed by atoms with Gasteiger partial charge in [-0.25, -0.2) is 0 Å². The van der Waals surface area contributed by atoms with E-state index >= 15 is 0 Å². The monoisotopic (exact) mass is 467 g/mol. The molecule has 30 heavy (non-hydrogen) atoms. The molecule has 3 nitrogen and oxygen atoms in total. The van der Waals surface area contributed by atoms with Crippen LogP contribution < -0.4 is 24.8 Å². The van der Waals surface area contributed by atoms with E-state index in [1.54, 1.807) is 18.3 Å². The first-order valence-electron chi connectivity index (χ1n) is 8.93. The maximum absolute atomic E-state index is 9.31. The van der Waals surface area contributed by atoms with Gasteiger partial charge in [0.05, 0.1) is 0 Å². The van der Waals surface area contributed by atoms with E-state index in [1.165, 1.54) is 33.3 Å². The number of halogens is 2. The van der Waals surface area contributed by atoms with Crippen LogP contribution in [-0.4, -0.2) is 15.1 Å². The number of benzene rings is 3. The van der Waals surface area contributed by atoms with E-state index in [2.05, 4.69) is 46.4 Å². The second kappa shape index (κ2) is 10.1. The average molecular weight is 468 g/mol. The molecule has 3 aromatic carbocycles. The molecule has 2 N–H and O–H groups in total. The smallest absolute Gasteiger partial charge is 1.00 e. The van der Waals surface area contributed by atoms with Crippen LogP contribution in [0.2, 0.25) is 0 Å². The summed E-state index contributed by atoms with van der Waals surface area (Å²) in [6.45, 7) is 0. The van der Waals surface area contributed by atoms with E-state index in [-0.39, 0.29) is 52.3 Å². The Bertz CT molecular complexity index is 1280. The molecule has 147 valence electrons. The van der Waals surface area contributed by atoms with Crippen LogP contribution in [-0.2, 0) is 28.1 Å². The van der Waals surface area contributed by atoms with Crippen LogP contribution in [0.4, 0.5) is 0 Å². The Kier molecular flexibility index (Phi) is 8.11. The van der Waals surface area contributed by atoms with Gasteiger partial charge >= 0.3 is 21.7 Å². The summed E-state index contributed by atoms with van der Waals surface area (Å²) in [7, 11) is 0. The van der Waals surface area contributed by atoms with Crippen molar-refractivity contribution in [3.05, 3.63) is 96.2 Å². The molecule has 0 atom stereocenters. The third kappa shape index (κ3) is 4.26. The first kappa shape index (κ1) is 24.0. The number of fused-ring (bicyclic) bond motifs is 6. The summed E-state index contributed by atoms with van der Waals surface area (Å²) in [4.78, 5) is 7.53. The Balaban J connectivity index is 0.000000206. The number of para-hydroxylation sites is 1. The van der Waals surface area contributed by atoms with Gasteiger partial charge in [0.2, 0.25) is 0 Å². The quantitative estimate of drug-likeness (QED) is 0.233. The number of nitrogens with zero attached hydrogens (tertiary/aromatic N) is 1. The van der Waals surface area contributed by atoms with E-state index in [9.17, 15) is 5.11 Å². The number of pyridine rings is 1. The molecule has 0 aliphatic heterocycles. The molecular formula is C24H17Cl2N2OTi. The summed E-state index contributed by atoms with van der Waals surface area (Å²) in [6, 6.07) is 27.2. The summed E-state index contributed by atoms with van der Waals surface area (Å²) in [5.41, 5.74) is 7.31. The fraction of sp³-hybridized carbons (Fsp3) is 0.0417. The van der Waals surface area contributed by atoms with Crippen molar-refractivity contribution in [3.63, 3.8) is 0 Å². The van der Waals surface area contributed by atoms with Gasteiger partial charge in [0.1, 0.15) is 11.3 Å². The summed E-state index contributed by atoms with van der Waals surface area (Å²) < 4.78 is 0. The zero-order valence-electron chi connectivity index (χ0n) is 15.9. The Morgan fingerprint density at radius 3 is 2.53 bits per heavy atom. The van der Waals surface area contributed by atoms with E-state index in [0.717, 1.165) is 11.8 Å². The molecule has 0 saturated carbocycles. The molecule has 1 radical (unpaired) electrons. The first-order chi connectivity index (χ1) is 13.3. The van der Waals surface area contributed by atoms with Crippen molar-refractivity contribution in [2.75, 3.05) is 0 Å². The minimum Gasteiger partial charge on any atom is -1.00 e. The summed E-state index contributed by atoms with van der Waals surface area (Å²) in [5, 5.41) is 11.5. The van der Waals surface area contributed by atoms with Gasteiger partial charge in [-0.1, -0.05) is 48.0 Å². The largest absolute Gasteiger partial charge is 3.00 e. The zero-order valence-corrected chi connectivity index (χ0v) is 18.9. The van der Waals surface area contributed by atoms with E-state index in [1.807, 2.05) is 30.3 Å². The number of hydrogen-bond acceptors (Lipinski definition) is 2. The molecule has 0 spiro atoms. The van der Waals surface area contributed by atoms with Crippen LogP contribution in [0, 0.1) is 6.07 Å². The molecule has 6 heteroatoms. The molecule has 0 amide bonds. The summed E-state index contributed by atoms with van der Waals surface area (Å²) in [6.07, 6.45) is 2.70. The predicted octanol–water partition coefficient (Wildman–Crippen LogP) is -0.515. The van der Waals surface area contributed by atoms with Gasteiger partial charge in [-0.2, -0.15) is 0 Å². The number of rotatable bonds is 0. The molecule has 0 unspecified atom stereocenters. The van der Waals surface area contributed by atoms with E-state index in [0.29, 0.717) is 5.52 Å². The first-order valence-corrected chi connectivity index (χ1v) is 8.93. The average Bonchev–Trinajstić information content (AvgIpc) is 3.25. The van der Waals surface area contributed by atoms with Crippen LogP contribution in [0.1, 0.15) is 11.1 Å². The van der Waals surface area contributed by atoms with Gasteiger partial charge in [-0.3, -0.25) is 4.98 Å². The number of aromatic nitrogens is 2. The Morgan fingerprint density at radius 2 is 1.70 bits per heavy atom. The summed E-state index contributed by atoms with van der Waals surface area (Å²) in [5.74, 6) is 0.239. The van der Waals surface area contributed by atoms with Crippen molar-refractivity contribution in [1.82, 2.24) is 9.97 Å². The number of aromatic amines is 1. The van der Waals surface area contributed by atoms with Crippen LogP contribution in [0.3, 0.4) is 0 Å². The third-order valence-electron chi connectivity index (χ3n) is 4.98. The number of aromatic hydroxyl groups is 1. The van der Waals surface area contributed by atoms with Gasteiger partial charge in [-0.05, 0) is 40.9 Å². The summed E-state index contributed by atoms with van der Waals surface area (Å²) >= 11 is 0. The van der Waals surface area contributed by atoms with Gasteiger partial charge in [0.15, 0.2) is 0 Å². The van der Waals surface area contributed by atoms with Crippen LogP contribution >= 0.6 is 0 Å². The predicted molar refractivity (Wildman–Crippen MR) is 109 cm³/mol. The maximum Gasteiger partial charge on any atom is 3.00 e. The molecule has 2 aromatic heterocycles. The SMILES string of the molecule is Oc1cccc2cccnc12.[Cl-].[Cl-].[Ti+3].[c-]1cccc2[nH]c3c(c12)Cc1ccccc1-3. The Labute approximate surface area is 202 Å². The van der Waals surface area contributed by atoms with Crippen LogP contribution in [0.25, 0.3) is 33.1 Å². The molecular weight excluding hydrogens is 451 g/mol. The molecule has 1 aliphatic carbocycles. The molecule has 2 heterocycles. The molecule has 1 aliphatic rings. The van der Waals surface area contributed by atoms with Crippen molar-refractivity contribution in [2.24, 2.45) is 0 Å². The molecule has 5 aromatic rings. The number of nitrogens with one attached hydrogen (secondary N) is 1. The van der Waals surface area contributed by atoms with Crippen molar-refractivity contribution in [2.45, 2.75) is 6.42 Å². The van der Waals surface area contributed by atoms with Crippen LogP contribution in [0.15, 0.2) is 79.0 Å². The number of phenolic OH excluding ortho intramolecular Hbond substituents is 1. The van der Waals surface area contributed by atoms with Crippen molar-refractivity contribution >= 4 is 21.8 Å². The fourth-order valence-electron chi connectivity index (χ4n) is 3.73. The normalized spacial score (nSPS) is 10.5. The standard InChI is InChI=1S/C15H10N.C9H7NO.2ClH.Ti/c1-2-6-11-10(5-1)9-13-12-7-3-4-8-14(12)16-15(11)13;11-8-5-1-3-7-4-2-6-10-9(7)8;;;/h1-6,8,16H,9H2;1-6,11H;2*1H;/q-1;;;;+3/p-2.